The second-order valence-electron chi connectivity index (χ2n) is 5.60. The fraction of sp³-hybridized carbons (Fsp3) is 0.692. The lowest BCUT2D eigenvalue weighted by atomic mass is 9.92. The van der Waals surface area contributed by atoms with Gasteiger partial charge < -0.3 is 15.7 Å². The molecule has 0 radical (unpaired) electrons. The van der Waals surface area contributed by atoms with Crippen LogP contribution in [0.15, 0.2) is 0 Å². The predicted molar refractivity (Wildman–Crippen MR) is 75.4 cm³/mol. The van der Waals surface area contributed by atoms with Crippen LogP contribution in [0.2, 0.25) is 0 Å². The number of carbonyl (C=O) groups is 4. The van der Waals surface area contributed by atoms with Gasteiger partial charge >= 0.3 is 12.0 Å². The van der Waals surface area contributed by atoms with Crippen LogP contribution in [-0.4, -0.2) is 42.5 Å². The summed E-state index contributed by atoms with van der Waals surface area (Å²) in [7, 11) is 1.50. The van der Waals surface area contributed by atoms with Gasteiger partial charge in [0, 0.05) is 26.4 Å². The number of hydrogen-bond acceptors (Lipinski definition) is 4. The number of nitrogens with one attached hydrogen (secondary N) is 3. The molecule has 1 unspecified atom stereocenters. The quantitative estimate of drug-likeness (QED) is 0.530. The number of carboxylic acids is 1. The van der Waals surface area contributed by atoms with Crippen LogP contribution in [0.4, 0.5) is 4.79 Å². The Morgan fingerprint density at radius 1 is 1.14 bits per heavy atom. The maximum absolute atomic E-state index is 11.5. The molecular weight excluding hydrogens is 278 g/mol. The lowest BCUT2D eigenvalue weighted by Gasteiger charge is -2.22. The Bertz CT molecular complexity index is 420. The molecule has 0 fully saturated rings. The first-order chi connectivity index (χ1) is 9.58. The number of rotatable bonds is 7. The van der Waals surface area contributed by atoms with Crippen LogP contribution in [0, 0.1) is 11.3 Å². The lowest BCUT2D eigenvalue weighted by molar-refractivity contribution is -0.138. The van der Waals surface area contributed by atoms with Crippen molar-refractivity contribution in [1.82, 2.24) is 16.0 Å². The molecule has 0 heterocycles. The molecule has 8 heteroatoms. The van der Waals surface area contributed by atoms with E-state index in [-0.39, 0.29) is 31.2 Å². The molecule has 21 heavy (non-hydrogen) atoms. The Hall–Kier alpha value is -2.12. The lowest BCUT2D eigenvalue weighted by Crippen LogP contribution is -2.47. The monoisotopic (exact) mass is 301 g/mol. The van der Waals surface area contributed by atoms with Crippen LogP contribution in [0.3, 0.4) is 0 Å². The topological polar surface area (TPSA) is 125 Å². The minimum atomic E-state index is -0.993. The first-order valence-electron chi connectivity index (χ1n) is 6.60. The highest BCUT2D eigenvalue weighted by atomic mass is 16.4. The second-order valence-corrected chi connectivity index (χ2v) is 5.60. The van der Waals surface area contributed by atoms with Crippen LogP contribution in [-0.2, 0) is 14.4 Å². The van der Waals surface area contributed by atoms with Gasteiger partial charge in [0.25, 0.3) is 0 Å². The number of hydrogen-bond donors (Lipinski definition) is 4. The van der Waals surface area contributed by atoms with Gasteiger partial charge in [0.15, 0.2) is 0 Å². The Labute approximate surface area is 123 Å². The third kappa shape index (κ3) is 7.91. The van der Waals surface area contributed by atoms with E-state index < -0.39 is 23.3 Å². The van der Waals surface area contributed by atoms with Gasteiger partial charge in [-0.25, -0.2) is 4.79 Å². The Balaban J connectivity index is 4.18. The van der Waals surface area contributed by atoms with Gasteiger partial charge in [-0.3, -0.25) is 19.7 Å². The van der Waals surface area contributed by atoms with Crippen LogP contribution in [0.5, 0.6) is 0 Å². The molecular formula is C13H23N3O5. The van der Waals surface area contributed by atoms with E-state index in [0.29, 0.717) is 0 Å². The van der Waals surface area contributed by atoms with Gasteiger partial charge in [0.05, 0.1) is 5.41 Å². The number of urea groups is 1. The fourth-order valence-corrected chi connectivity index (χ4v) is 1.63. The molecule has 0 bridgehead atoms. The Kier molecular flexibility index (Phi) is 7.40. The van der Waals surface area contributed by atoms with E-state index >= 15 is 0 Å². The molecule has 0 rings (SSSR count). The third-order valence-corrected chi connectivity index (χ3v) is 2.84. The summed E-state index contributed by atoms with van der Waals surface area (Å²) in [6.45, 7) is 4.99. The molecule has 0 aliphatic rings. The van der Waals surface area contributed by atoms with Crippen molar-refractivity contribution in [2.45, 2.75) is 33.6 Å². The molecule has 8 nitrogen and oxygen atoms in total. The summed E-state index contributed by atoms with van der Waals surface area (Å²) in [6.07, 6.45) is -0.197. The zero-order valence-corrected chi connectivity index (χ0v) is 12.8. The highest BCUT2D eigenvalue weighted by Gasteiger charge is 2.27. The van der Waals surface area contributed by atoms with E-state index in [1.165, 1.54) is 7.05 Å². The SMILES string of the molecule is CNC(=O)C(C)(C)CNC(=O)NC(=O)CC(C)CC(=O)O. The van der Waals surface area contributed by atoms with Gasteiger partial charge in [-0.15, -0.1) is 0 Å². The summed E-state index contributed by atoms with van der Waals surface area (Å²) >= 11 is 0. The predicted octanol–water partition coefficient (Wildman–Crippen LogP) is 0.0853. The molecule has 0 saturated carbocycles. The molecule has 120 valence electrons. The van der Waals surface area contributed by atoms with Crippen LogP contribution in [0.1, 0.15) is 33.6 Å². The van der Waals surface area contributed by atoms with Crippen molar-refractivity contribution in [2.24, 2.45) is 11.3 Å². The molecule has 0 aliphatic carbocycles. The maximum Gasteiger partial charge on any atom is 0.321 e. The Morgan fingerprint density at radius 2 is 1.71 bits per heavy atom. The first kappa shape index (κ1) is 18.9. The second kappa shape index (κ2) is 8.23. The number of carbonyl (C=O) groups excluding carboxylic acids is 3. The van der Waals surface area contributed by atoms with Gasteiger partial charge in [-0.05, 0) is 19.8 Å². The summed E-state index contributed by atoms with van der Waals surface area (Å²) in [6, 6.07) is -0.709. The van der Waals surface area contributed by atoms with E-state index in [4.69, 9.17) is 5.11 Å². The number of imide groups is 1. The molecule has 0 aliphatic heterocycles. The van der Waals surface area contributed by atoms with Crippen molar-refractivity contribution >= 4 is 23.8 Å². The van der Waals surface area contributed by atoms with Gasteiger partial charge in [-0.2, -0.15) is 0 Å². The molecule has 4 N–H and O–H groups in total. The molecule has 0 aromatic carbocycles. The number of amides is 4. The molecule has 4 amide bonds. The molecule has 1 atom stereocenters. The van der Waals surface area contributed by atoms with Crippen LogP contribution >= 0.6 is 0 Å². The van der Waals surface area contributed by atoms with Crippen LogP contribution in [0.25, 0.3) is 0 Å². The standard InChI is InChI=1S/C13H23N3O5/c1-8(6-10(18)19)5-9(17)16-12(21)15-7-13(2,3)11(20)14-4/h8H,5-7H2,1-4H3,(H,14,20)(H,18,19)(H2,15,16,17,21). The van der Waals surface area contributed by atoms with Crippen molar-refractivity contribution in [3.05, 3.63) is 0 Å². The fourth-order valence-electron chi connectivity index (χ4n) is 1.63. The highest BCUT2D eigenvalue weighted by Crippen LogP contribution is 2.13. The molecule has 0 saturated heterocycles. The average molecular weight is 301 g/mol. The Morgan fingerprint density at radius 3 is 2.19 bits per heavy atom. The summed E-state index contributed by atoms with van der Waals surface area (Å²) < 4.78 is 0. The minimum absolute atomic E-state index is 0.0570. The summed E-state index contributed by atoms with van der Waals surface area (Å²) in [5, 5.41) is 15.6. The smallest absolute Gasteiger partial charge is 0.321 e. The normalized spacial score (nSPS) is 12.2. The van der Waals surface area contributed by atoms with E-state index in [1.54, 1.807) is 20.8 Å². The van der Waals surface area contributed by atoms with Crippen molar-refractivity contribution in [3.63, 3.8) is 0 Å². The van der Waals surface area contributed by atoms with Gasteiger partial charge in [0.2, 0.25) is 11.8 Å². The molecule has 0 spiro atoms. The molecule has 0 aromatic heterocycles. The van der Waals surface area contributed by atoms with Crippen LogP contribution < -0.4 is 16.0 Å². The van der Waals surface area contributed by atoms with Gasteiger partial charge in [-0.1, -0.05) is 6.92 Å². The van der Waals surface area contributed by atoms with E-state index in [0.717, 1.165) is 0 Å². The van der Waals surface area contributed by atoms with Crippen molar-refractivity contribution in [3.8, 4) is 0 Å². The maximum atomic E-state index is 11.5. The number of aliphatic carboxylic acids is 1. The van der Waals surface area contributed by atoms with E-state index in [2.05, 4.69) is 16.0 Å². The van der Waals surface area contributed by atoms with Gasteiger partial charge in [0.1, 0.15) is 0 Å². The van der Waals surface area contributed by atoms with E-state index in [9.17, 15) is 19.2 Å². The van der Waals surface area contributed by atoms with Crippen molar-refractivity contribution < 1.29 is 24.3 Å². The van der Waals surface area contributed by atoms with Crippen molar-refractivity contribution in [1.29, 1.82) is 0 Å². The summed E-state index contributed by atoms with van der Waals surface area (Å²) in [4.78, 5) is 45.0. The minimum Gasteiger partial charge on any atom is -0.481 e. The zero-order valence-electron chi connectivity index (χ0n) is 12.8. The largest absolute Gasteiger partial charge is 0.481 e. The van der Waals surface area contributed by atoms with E-state index in [1.807, 2.05) is 0 Å². The number of carboxylic acid groups (broad SMARTS) is 1. The first-order valence-corrected chi connectivity index (χ1v) is 6.60. The van der Waals surface area contributed by atoms with Crippen molar-refractivity contribution in [2.75, 3.05) is 13.6 Å². The molecule has 0 aromatic rings. The average Bonchev–Trinajstić information content (AvgIpc) is 2.33. The zero-order chi connectivity index (χ0) is 16.6. The summed E-state index contributed by atoms with van der Waals surface area (Å²) in [5.41, 5.74) is -0.800. The summed E-state index contributed by atoms with van der Waals surface area (Å²) in [5.74, 6) is -2.15. The third-order valence-electron chi connectivity index (χ3n) is 2.84. The highest BCUT2D eigenvalue weighted by molar-refractivity contribution is 5.94.